The smallest absolute Gasteiger partial charge is 0.0206 e. The van der Waals surface area contributed by atoms with E-state index in [2.05, 4.69) is 56.6 Å². The lowest BCUT2D eigenvalue weighted by molar-refractivity contribution is 0.214. The van der Waals surface area contributed by atoms with E-state index >= 15 is 0 Å². The molecule has 1 aliphatic rings. The first kappa shape index (κ1) is 18.3. The summed E-state index contributed by atoms with van der Waals surface area (Å²) >= 11 is 2.21. The molecular formula is C17H36N2S. The topological polar surface area (TPSA) is 15.3 Å². The fourth-order valence-electron chi connectivity index (χ4n) is 3.13. The molecule has 1 N–H and O–H groups in total. The van der Waals surface area contributed by atoms with E-state index in [-0.39, 0.29) is 0 Å². The van der Waals surface area contributed by atoms with Crippen LogP contribution in [0.2, 0.25) is 0 Å². The minimum atomic E-state index is 0.539. The summed E-state index contributed by atoms with van der Waals surface area (Å²) in [6, 6.07) is 0.740. The van der Waals surface area contributed by atoms with Gasteiger partial charge in [-0.3, -0.25) is 0 Å². The summed E-state index contributed by atoms with van der Waals surface area (Å²) in [5.41, 5.74) is 0.539. The van der Waals surface area contributed by atoms with Crippen LogP contribution in [-0.2, 0) is 0 Å². The summed E-state index contributed by atoms with van der Waals surface area (Å²) < 4.78 is 0. The van der Waals surface area contributed by atoms with Crippen molar-refractivity contribution in [1.82, 2.24) is 10.2 Å². The van der Waals surface area contributed by atoms with Gasteiger partial charge in [0.05, 0.1) is 0 Å². The molecule has 20 heavy (non-hydrogen) atoms. The van der Waals surface area contributed by atoms with Crippen LogP contribution in [-0.4, -0.2) is 48.1 Å². The van der Waals surface area contributed by atoms with Crippen LogP contribution in [0.5, 0.6) is 0 Å². The van der Waals surface area contributed by atoms with Gasteiger partial charge in [0.1, 0.15) is 0 Å². The van der Waals surface area contributed by atoms with Crippen molar-refractivity contribution in [1.29, 1.82) is 0 Å². The second kappa shape index (κ2) is 9.32. The maximum absolute atomic E-state index is 3.79. The van der Waals surface area contributed by atoms with Gasteiger partial charge in [0.15, 0.2) is 0 Å². The highest BCUT2D eigenvalue weighted by molar-refractivity contribution is 8.00. The van der Waals surface area contributed by atoms with Crippen molar-refractivity contribution < 1.29 is 0 Å². The number of rotatable bonds is 9. The second-order valence-electron chi connectivity index (χ2n) is 6.90. The molecule has 0 heterocycles. The third-order valence-corrected chi connectivity index (χ3v) is 5.97. The Balaban J connectivity index is 2.42. The summed E-state index contributed by atoms with van der Waals surface area (Å²) in [5.74, 6) is 1.28. The number of hydrogen-bond donors (Lipinski definition) is 1. The monoisotopic (exact) mass is 300 g/mol. The van der Waals surface area contributed by atoms with Crippen LogP contribution in [0.4, 0.5) is 0 Å². The summed E-state index contributed by atoms with van der Waals surface area (Å²) in [7, 11) is 0. The zero-order valence-corrected chi connectivity index (χ0v) is 15.2. The van der Waals surface area contributed by atoms with E-state index < -0.39 is 0 Å². The average Bonchev–Trinajstić information content (AvgIpc) is 2.42. The molecule has 0 spiro atoms. The maximum atomic E-state index is 3.79. The number of hydrogen-bond acceptors (Lipinski definition) is 3. The van der Waals surface area contributed by atoms with Gasteiger partial charge < -0.3 is 10.2 Å². The Kier molecular flexibility index (Phi) is 8.54. The van der Waals surface area contributed by atoms with Crippen molar-refractivity contribution in [2.75, 3.05) is 31.9 Å². The quantitative estimate of drug-likeness (QED) is 0.692. The van der Waals surface area contributed by atoms with E-state index in [4.69, 9.17) is 0 Å². The second-order valence-corrected chi connectivity index (χ2v) is 8.25. The van der Waals surface area contributed by atoms with Gasteiger partial charge in [-0.1, -0.05) is 34.6 Å². The Bertz CT molecular complexity index is 251. The molecule has 0 bridgehead atoms. The molecule has 1 fully saturated rings. The highest BCUT2D eigenvalue weighted by Gasteiger charge is 2.34. The van der Waals surface area contributed by atoms with Crippen molar-refractivity contribution in [3.05, 3.63) is 0 Å². The molecule has 0 aliphatic heterocycles. The average molecular weight is 301 g/mol. The first-order valence-electron chi connectivity index (χ1n) is 8.59. The van der Waals surface area contributed by atoms with Gasteiger partial charge in [-0.05, 0) is 50.7 Å². The molecule has 0 saturated heterocycles. The molecule has 0 amide bonds. The lowest BCUT2D eigenvalue weighted by Crippen LogP contribution is -2.45. The van der Waals surface area contributed by atoms with E-state index in [9.17, 15) is 0 Å². The molecule has 2 nitrogen and oxygen atoms in total. The number of nitrogens with zero attached hydrogens (tertiary/aromatic N) is 1. The van der Waals surface area contributed by atoms with Crippen molar-refractivity contribution in [2.24, 2.45) is 5.41 Å². The Morgan fingerprint density at radius 1 is 1.20 bits per heavy atom. The van der Waals surface area contributed by atoms with E-state index in [1.54, 1.807) is 0 Å². The first-order valence-corrected chi connectivity index (χ1v) is 9.64. The van der Waals surface area contributed by atoms with Gasteiger partial charge in [-0.2, -0.15) is 11.8 Å². The zero-order chi connectivity index (χ0) is 15.0. The minimum absolute atomic E-state index is 0.539. The highest BCUT2D eigenvalue weighted by Crippen LogP contribution is 2.40. The van der Waals surface area contributed by atoms with Crippen LogP contribution in [0.15, 0.2) is 0 Å². The zero-order valence-electron chi connectivity index (χ0n) is 14.4. The van der Waals surface area contributed by atoms with Crippen LogP contribution in [0.3, 0.4) is 0 Å². The van der Waals surface area contributed by atoms with Crippen LogP contribution in [0.1, 0.15) is 60.3 Å². The van der Waals surface area contributed by atoms with Gasteiger partial charge in [0.25, 0.3) is 0 Å². The van der Waals surface area contributed by atoms with Gasteiger partial charge in [0.2, 0.25) is 0 Å². The lowest BCUT2D eigenvalue weighted by atomic mass is 9.75. The van der Waals surface area contributed by atoms with Crippen molar-refractivity contribution >= 4 is 11.8 Å². The van der Waals surface area contributed by atoms with Crippen LogP contribution >= 0.6 is 11.8 Å². The Hall–Kier alpha value is 0.270. The molecule has 3 heteroatoms. The fraction of sp³-hybridized carbons (Fsp3) is 1.00. The predicted octanol–water partition coefficient (Wildman–Crippen LogP) is 4.01. The highest BCUT2D eigenvalue weighted by atomic mass is 32.2. The molecule has 2 unspecified atom stereocenters. The SMILES string of the molecule is CCCNC1CCC(C)(C)CC1SCCN(CC)CC. The van der Waals surface area contributed by atoms with Crippen LogP contribution in [0, 0.1) is 5.41 Å². The van der Waals surface area contributed by atoms with E-state index in [0.29, 0.717) is 5.41 Å². The Labute approximate surface area is 131 Å². The Morgan fingerprint density at radius 2 is 1.90 bits per heavy atom. The van der Waals surface area contributed by atoms with Crippen molar-refractivity contribution in [2.45, 2.75) is 71.6 Å². The molecule has 0 aromatic rings. The Morgan fingerprint density at radius 3 is 2.50 bits per heavy atom. The van der Waals surface area contributed by atoms with E-state index in [1.165, 1.54) is 57.6 Å². The fourth-order valence-corrected chi connectivity index (χ4v) is 4.83. The largest absolute Gasteiger partial charge is 0.313 e. The minimum Gasteiger partial charge on any atom is -0.313 e. The summed E-state index contributed by atoms with van der Waals surface area (Å²) in [4.78, 5) is 2.54. The molecule has 0 aromatic carbocycles. The van der Waals surface area contributed by atoms with E-state index in [1.807, 2.05) is 0 Å². The first-order chi connectivity index (χ1) is 9.52. The van der Waals surface area contributed by atoms with Crippen molar-refractivity contribution in [3.63, 3.8) is 0 Å². The van der Waals surface area contributed by atoms with Gasteiger partial charge in [-0.15, -0.1) is 0 Å². The number of nitrogens with one attached hydrogen (secondary N) is 1. The molecule has 120 valence electrons. The van der Waals surface area contributed by atoms with Crippen molar-refractivity contribution in [3.8, 4) is 0 Å². The summed E-state index contributed by atoms with van der Waals surface area (Å²) in [5, 5.41) is 4.60. The molecule has 1 saturated carbocycles. The third kappa shape index (κ3) is 6.36. The molecule has 2 atom stereocenters. The molecule has 0 radical (unpaired) electrons. The molecule has 0 aromatic heterocycles. The third-order valence-electron chi connectivity index (χ3n) is 4.63. The van der Waals surface area contributed by atoms with Crippen LogP contribution in [0.25, 0.3) is 0 Å². The molecular weight excluding hydrogens is 264 g/mol. The predicted molar refractivity (Wildman–Crippen MR) is 93.7 cm³/mol. The normalized spacial score (nSPS) is 26.1. The molecule has 1 aliphatic carbocycles. The lowest BCUT2D eigenvalue weighted by Gasteiger charge is -2.41. The van der Waals surface area contributed by atoms with Gasteiger partial charge in [0, 0.05) is 23.6 Å². The number of thioether (sulfide) groups is 1. The van der Waals surface area contributed by atoms with Gasteiger partial charge in [-0.25, -0.2) is 0 Å². The summed E-state index contributed by atoms with van der Waals surface area (Å²) in [6.45, 7) is 16.5. The van der Waals surface area contributed by atoms with Crippen LogP contribution < -0.4 is 5.32 Å². The molecule has 1 rings (SSSR count). The van der Waals surface area contributed by atoms with E-state index in [0.717, 1.165) is 11.3 Å². The standard InChI is InChI=1S/C17H36N2S/c1-6-11-18-15-9-10-17(4,5)14-16(15)20-13-12-19(7-2)8-3/h15-16,18H,6-14H2,1-5H3. The summed E-state index contributed by atoms with van der Waals surface area (Å²) in [6.07, 6.45) is 5.35. The van der Waals surface area contributed by atoms with Gasteiger partial charge >= 0.3 is 0 Å². The maximum Gasteiger partial charge on any atom is 0.0206 e.